The summed E-state index contributed by atoms with van der Waals surface area (Å²) in [6.07, 6.45) is 5.11. The van der Waals surface area contributed by atoms with Gasteiger partial charge in [-0.2, -0.15) is 9.40 Å². The average molecular weight is 366 g/mol. The molecule has 1 aromatic heterocycles. The zero-order valence-corrected chi connectivity index (χ0v) is 14.3. The van der Waals surface area contributed by atoms with Crippen molar-refractivity contribution in [2.24, 2.45) is 0 Å². The molecule has 1 atom stereocenters. The van der Waals surface area contributed by atoms with E-state index in [4.69, 9.17) is 0 Å². The van der Waals surface area contributed by atoms with Crippen LogP contribution in [0.2, 0.25) is 0 Å². The molecule has 0 unspecified atom stereocenters. The van der Waals surface area contributed by atoms with Crippen molar-refractivity contribution in [3.63, 3.8) is 0 Å². The average Bonchev–Trinajstić information content (AvgIpc) is 3.27. The Morgan fingerprint density at radius 1 is 1.36 bits per heavy atom. The molecular weight excluding hydrogens is 347 g/mol. The van der Waals surface area contributed by atoms with Crippen LogP contribution < -0.4 is 5.32 Å². The van der Waals surface area contributed by atoms with Crippen LogP contribution in [0.15, 0.2) is 41.6 Å². The minimum absolute atomic E-state index is 0.00741. The van der Waals surface area contributed by atoms with Crippen LogP contribution in [0, 0.1) is 5.82 Å². The summed E-state index contributed by atoms with van der Waals surface area (Å²) in [5, 5.41) is 9.30. The normalized spacial score (nSPS) is 18.4. The number of H-pyrrole nitrogens is 1. The Bertz CT molecular complexity index is 822. The van der Waals surface area contributed by atoms with Crippen LogP contribution in [-0.4, -0.2) is 48.0 Å². The van der Waals surface area contributed by atoms with Gasteiger partial charge in [-0.25, -0.2) is 12.8 Å². The molecule has 3 rings (SSSR count). The maximum Gasteiger partial charge on any atom is 0.243 e. The fourth-order valence-electron chi connectivity index (χ4n) is 2.89. The number of halogens is 1. The number of aromatic amines is 1. The minimum Gasteiger partial charge on any atom is -0.354 e. The third-order valence-electron chi connectivity index (χ3n) is 4.19. The van der Waals surface area contributed by atoms with Crippen LogP contribution in [0.4, 0.5) is 4.39 Å². The van der Waals surface area contributed by atoms with Gasteiger partial charge in [-0.1, -0.05) is 0 Å². The Balaban J connectivity index is 1.66. The van der Waals surface area contributed by atoms with Crippen molar-refractivity contribution in [1.29, 1.82) is 0 Å². The van der Waals surface area contributed by atoms with Crippen molar-refractivity contribution < 1.29 is 17.6 Å². The number of nitrogens with zero attached hydrogens (tertiary/aromatic N) is 2. The van der Waals surface area contributed by atoms with E-state index in [2.05, 4.69) is 15.5 Å². The number of hydrogen-bond donors (Lipinski definition) is 2. The van der Waals surface area contributed by atoms with Crippen LogP contribution >= 0.6 is 0 Å². The summed E-state index contributed by atoms with van der Waals surface area (Å²) in [6, 6.07) is 3.90. The highest BCUT2D eigenvalue weighted by atomic mass is 32.2. The van der Waals surface area contributed by atoms with Crippen LogP contribution in [0.25, 0.3) is 0 Å². The lowest BCUT2D eigenvalue weighted by atomic mass is 10.2. The molecule has 1 saturated heterocycles. The highest BCUT2D eigenvalue weighted by Crippen LogP contribution is 2.26. The zero-order chi connectivity index (χ0) is 17.9. The van der Waals surface area contributed by atoms with Crippen molar-refractivity contribution in [1.82, 2.24) is 19.8 Å². The first-order chi connectivity index (χ1) is 12.0. The number of nitrogens with one attached hydrogen (secondary N) is 2. The van der Waals surface area contributed by atoms with E-state index < -0.39 is 21.9 Å². The van der Waals surface area contributed by atoms with Crippen molar-refractivity contribution in [3.8, 4) is 0 Å². The number of sulfonamides is 1. The molecule has 2 N–H and O–H groups in total. The minimum atomic E-state index is -3.83. The van der Waals surface area contributed by atoms with Crippen LogP contribution in [0.3, 0.4) is 0 Å². The topological polar surface area (TPSA) is 95.2 Å². The predicted octanol–water partition coefficient (Wildman–Crippen LogP) is 1.06. The highest BCUT2D eigenvalue weighted by Gasteiger charge is 2.39. The van der Waals surface area contributed by atoms with Crippen molar-refractivity contribution in [2.45, 2.75) is 30.2 Å². The lowest BCUT2D eigenvalue weighted by Crippen LogP contribution is -2.46. The molecule has 1 aliphatic rings. The second-order valence-electron chi connectivity index (χ2n) is 5.88. The smallest absolute Gasteiger partial charge is 0.243 e. The predicted molar refractivity (Wildman–Crippen MR) is 88.6 cm³/mol. The first-order valence-corrected chi connectivity index (χ1v) is 9.45. The number of rotatable bonds is 6. The van der Waals surface area contributed by atoms with E-state index >= 15 is 0 Å². The number of amides is 1. The summed E-state index contributed by atoms with van der Waals surface area (Å²) >= 11 is 0. The van der Waals surface area contributed by atoms with Gasteiger partial charge < -0.3 is 5.32 Å². The second-order valence-corrected chi connectivity index (χ2v) is 7.77. The maximum absolute atomic E-state index is 13.0. The van der Waals surface area contributed by atoms with Crippen LogP contribution in [-0.2, 0) is 21.2 Å². The molecule has 1 aliphatic heterocycles. The molecule has 1 aromatic carbocycles. The Labute approximate surface area is 145 Å². The van der Waals surface area contributed by atoms with Gasteiger partial charge in [-0.3, -0.25) is 9.89 Å². The summed E-state index contributed by atoms with van der Waals surface area (Å²) in [5.74, 6) is -0.819. The van der Waals surface area contributed by atoms with E-state index in [9.17, 15) is 17.6 Å². The van der Waals surface area contributed by atoms with Gasteiger partial charge >= 0.3 is 0 Å². The molecule has 0 aliphatic carbocycles. The Hall–Kier alpha value is -2.26. The quantitative estimate of drug-likeness (QED) is 0.799. The number of benzene rings is 1. The first kappa shape index (κ1) is 17.6. The molecule has 1 amide bonds. The monoisotopic (exact) mass is 366 g/mol. The van der Waals surface area contributed by atoms with E-state index in [0.29, 0.717) is 25.8 Å². The molecule has 2 aromatic rings. The summed E-state index contributed by atoms with van der Waals surface area (Å²) in [5.41, 5.74) is 0.961. The van der Waals surface area contributed by atoms with Gasteiger partial charge in [-0.15, -0.1) is 0 Å². The van der Waals surface area contributed by atoms with E-state index in [0.717, 1.165) is 17.7 Å². The Morgan fingerprint density at radius 3 is 2.80 bits per heavy atom. The van der Waals surface area contributed by atoms with E-state index in [1.165, 1.54) is 16.4 Å². The number of aromatic nitrogens is 2. The van der Waals surface area contributed by atoms with Gasteiger partial charge in [0.15, 0.2) is 0 Å². The van der Waals surface area contributed by atoms with Gasteiger partial charge in [0.2, 0.25) is 15.9 Å². The molecule has 0 radical (unpaired) electrons. The molecule has 134 valence electrons. The van der Waals surface area contributed by atoms with Crippen LogP contribution in [0.1, 0.15) is 18.4 Å². The summed E-state index contributed by atoms with van der Waals surface area (Å²) in [7, 11) is -3.83. The van der Waals surface area contributed by atoms with E-state index in [-0.39, 0.29) is 17.3 Å². The van der Waals surface area contributed by atoms with Gasteiger partial charge in [0.25, 0.3) is 0 Å². The Morgan fingerprint density at radius 2 is 2.12 bits per heavy atom. The molecule has 7 nitrogen and oxygen atoms in total. The van der Waals surface area contributed by atoms with E-state index in [1.54, 1.807) is 12.4 Å². The van der Waals surface area contributed by atoms with E-state index in [1.807, 2.05) is 0 Å². The van der Waals surface area contributed by atoms with Crippen LogP contribution in [0.5, 0.6) is 0 Å². The molecular formula is C16H19FN4O3S. The second kappa shape index (κ2) is 7.32. The summed E-state index contributed by atoms with van der Waals surface area (Å²) in [4.78, 5) is 12.4. The third-order valence-corrected chi connectivity index (χ3v) is 6.12. The lowest BCUT2D eigenvalue weighted by Gasteiger charge is -2.23. The SMILES string of the molecule is O=C(NCCc1cn[nH]c1)[C@@H]1CCCN1S(=O)(=O)c1ccc(F)cc1. The number of carbonyl (C=O) groups excluding carboxylic acids is 1. The van der Waals surface area contributed by atoms with Crippen molar-refractivity contribution >= 4 is 15.9 Å². The van der Waals surface area contributed by atoms with Gasteiger partial charge in [-0.05, 0) is 49.1 Å². The molecule has 25 heavy (non-hydrogen) atoms. The molecule has 9 heteroatoms. The standard InChI is InChI=1S/C16H19FN4O3S/c17-13-3-5-14(6-4-13)25(23,24)21-9-1-2-15(21)16(22)18-8-7-12-10-19-20-11-12/h3-6,10-11,15H,1-2,7-9H2,(H,18,22)(H,19,20)/t15-/m0/s1. The molecule has 0 spiro atoms. The molecule has 0 saturated carbocycles. The van der Waals surface area contributed by atoms with Gasteiger partial charge in [0, 0.05) is 19.3 Å². The molecule has 2 heterocycles. The fraction of sp³-hybridized carbons (Fsp3) is 0.375. The number of carbonyl (C=O) groups is 1. The van der Waals surface area contributed by atoms with Gasteiger partial charge in [0.1, 0.15) is 11.9 Å². The lowest BCUT2D eigenvalue weighted by molar-refractivity contribution is -0.124. The van der Waals surface area contributed by atoms with Crippen molar-refractivity contribution in [3.05, 3.63) is 48.0 Å². The van der Waals surface area contributed by atoms with Gasteiger partial charge in [0.05, 0.1) is 11.1 Å². The molecule has 1 fully saturated rings. The maximum atomic E-state index is 13.0. The highest BCUT2D eigenvalue weighted by molar-refractivity contribution is 7.89. The van der Waals surface area contributed by atoms with Crippen molar-refractivity contribution in [2.75, 3.05) is 13.1 Å². The summed E-state index contributed by atoms with van der Waals surface area (Å²) in [6.45, 7) is 0.679. The summed E-state index contributed by atoms with van der Waals surface area (Å²) < 4.78 is 39.7. The third kappa shape index (κ3) is 3.88. The first-order valence-electron chi connectivity index (χ1n) is 8.01. The molecule has 0 bridgehead atoms. The zero-order valence-electron chi connectivity index (χ0n) is 13.5. The largest absolute Gasteiger partial charge is 0.354 e. The Kier molecular flexibility index (Phi) is 5.14. The fourth-order valence-corrected chi connectivity index (χ4v) is 4.55. The number of hydrogen-bond acceptors (Lipinski definition) is 4.